The summed E-state index contributed by atoms with van der Waals surface area (Å²) in [6.07, 6.45) is 0. The Labute approximate surface area is 134 Å². The third-order valence-corrected chi connectivity index (χ3v) is 7.07. The number of nitrogen functional groups attached to an aromatic ring is 1. The van der Waals surface area contributed by atoms with Gasteiger partial charge in [-0.1, -0.05) is 0 Å². The van der Waals surface area contributed by atoms with Gasteiger partial charge >= 0.3 is 0 Å². The topological polar surface area (TPSA) is 81.4 Å². The van der Waals surface area contributed by atoms with E-state index >= 15 is 0 Å². The van der Waals surface area contributed by atoms with E-state index in [4.69, 9.17) is 10.5 Å². The summed E-state index contributed by atoms with van der Waals surface area (Å²) in [5, 5.41) is 0.372. The average Bonchev–Trinajstić information content (AvgIpc) is 2.48. The molecule has 0 spiro atoms. The Morgan fingerprint density at radius 2 is 2.05 bits per heavy atom. The van der Waals surface area contributed by atoms with Gasteiger partial charge in [0.05, 0.1) is 5.75 Å². The third kappa shape index (κ3) is 6.37. The molecule has 0 aliphatic carbocycles. The maximum atomic E-state index is 11.9. The number of nitrogens with two attached hydrogens (primary N) is 1. The molecule has 1 aromatic carbocycles. The SMILES string of the molecule is Nc1ccc(OCCS(=O)(=O)NCC2CSCCS2)cc1. The highest BCUT2D eigenvalue weighted by atomic mass is 32.2. The second-order valence-corrected chi connectivity index (χ2v) is 9.14. The Kier molecular flexibility index (Phi) is 6.53. The number of sulfonamides is 1. The molecule has 0 bridgehead atoms. The third-order valence-electron chi connectivity index (χ3n) is 2.92. The van der Waals surface area contributed by atoms with E-state index in [-0.39, 0.29) is 12.4 Å². The molecular formula is C13H20N2O3S3. The lowest BCUT2D eigenvalue weighted by molar-refractivity contribution is 0.340. The van der Waals surface area contributed by atoms with Crippen molar-refractivity contribution in [3.05, 3.63) is 24.3 Å². The van der Waals surface area contributed by atoms with Crippen molar-refractivity contribution in [2.45, 2.75) is 5.25 Å². The van der Waals surface area contributed by atoms with Crippen LogP contribution in [0.3, 0.4) is 0 Å². The number of hydrogen-bond donors (Lipinski definition) is 2. The van der Waals surface area contributed by atoms with Crippen LogP contribution in [0.4, 0.5) is 5.69 Å². The Balaban J connectivity index is 1.69. The van der Waals surface area contributed by atoms with E-state index < -0.39 is 10.0 Å². The minimum Gasteiger partial charge on any atom is -0.492 e. The van der Waals surface area contributed by atoms with Gasteiger partial charge in [0.1, 0.15) is 12.4 Å². The zero-order valence-electron chi connectivity index (χ0n) is 11.7. The highest BCUT2D eigenvalue weighted by Gasteiger charge is 2.17. The fourth-order valence-electron chi connectivity index (χ4n) is 1.78. The minimum absolute atomic E-state index is 0.0398. The van der Waals surface area contributed by atoms with Gasteiger partial charge in [-0.2, -0.15) is 23.5 Å². The van der Waals surface area contributed by atoms with Gasteiger partial charge in [-0.05, 0) is 24.3 Å². The molecule has 1 saturated heterocycles. The molecule has 1 unspecified atom stereocenters. The lowest BCUT2D eigenvalue weighted by Gasteiger charge is -2.21. The smallest absolute Gasteiger partial charge is 0.214 e. The number of thioether (sulfide) groups is 2. The van der Waals surface area contributed by atoms with Crippen molar-refractivity contribution in [1.29, 1.82) is 0 Å². The van der Waals surface area contributed by atoms with E-state index in [9.17, 15) is 8.42 Å². The van der Waals surface area contributed by atoms with Gasteiger partial charge in [-0.3, -0.25) is 0 Å². The maximum Gasteiger partial charge on any atom is 0.214 e. The Morgan fingerprint density at radius 1 is 1.29 bits per heavy atom. The fraction of sp³-hybridized carbons (Fsp3) is 0.538. The van der Waals surface area contributed by atoms with Gasteiger partial charge in [-0.15, -0.1) is 0 Å². The van der Waals surface area contributed by atoms with Crippen LogP contribution in [0, 0.1) is 0 Å². The normalized spacial score (nSPS) is 19.3. The molecule has 21 heavy (non-hydrogen) atoms. The van der Waals surface area contributed by atoms with E-state index in [1.807, 2.05) is 23.5 Å². The minimum atomic E-state index is -3.28. The molecule has 3 N–H and O–H groups in total. The van der Waals surface area contributed by atoms with Crippen molar-refractivity contribution in [1.82, 2.24) is 4.72 Å². The molecule has 1 fully saturated rings. The first-order valence-corrected chi connectivity index (χ1v) is 10.6. The summed E-state index contributed by atoms with van der Waals surface area (Å²) in [4.78, 5) is 0. The van der Waals surface area contributed by atoms with Crippen molar-refractivity contribution in [2.24, 2.45) is 0 Å². The van der Waals surface area contributed by atoms with E-state index in [0.29, 0.717) is 23.2 Å². The number of benzene rings is 1. The van der Waals surface area contributed by atoms with Crippen molar-refractivity contribution in [3.63, 3.8) is 0 Å². The van der Waals surface area contributed by atoms with Crippen LogP contribution in [-0.4, -0.2) is 49.8 Å². The predicted molar refractivity (Wildman–Crippen MR) is 91.7 cm³/mol. The fourth-order valence-corrected chi connectivity index (χ4v) is 5.40. The lowest BCUT2D eigenvalue weighted by atomic mass is 10.3. The Hall–Kier alpha value is -0.570. The first-order chi connectivity index (χ1) is 10.1. The average molecular weight is 349 g/mol. The van der Waals surface area contributed by atoms with Gasteiger partial charge in [0.25, 0.3) is 0 Å². The van der Waals surface area contributed by atoms with Gasteiger partial charge in [0.15, 0.2) is 0 Å². The molecule has 2 rings (SSSR count). The molecule has 0 radical (unpaired) electrons. The summed E-state index contributed by atoms with van der Waals surface area (Å²) in [6.45, 7) is 0.633. The van der Waals surface area contributed by atoms with Gasteiger partial charge < -0.3 is 10.5 Å². The monoisotopic (exact) mass is 348 g/mol. The highest BCUT2D eigenvalue weighted by molar-refractivity contribution is 8.06. The van der Waals surface area contributed by atoms with Crippen LogP contribution in [0.25, 0.3) is 0 Å². The number of hydrogen-bond acceptors (Lipinski definition) is 6. The van der Waals surface area contributed by atoms with Crippen molar-refractivity contribution in [2.75, 3.05) is 41.9 Å². The first kappa shape index (κ1) is 16.8. The second-order valence-electron chi connectivity index (χ2n) is 4.65. The first-order valence-electron chi connectivity index (χ1n) is 6.70. The van der Waals surface area contributed by atoms with Crippen molar-refractivity contribution >= 4 is 39.2 Å². The van der Waals surface area contributed by atoms with Crippen LogP contribution < -0.4 is 15.2 Å². The van der Waals surface area contributed by atoms with Crippen LogP contribution in [0.1, 0.15) is 0 Å². The molecule has 1 atom stereocenters. The van der Waals surface area contributed by atoms with Crippen LogP contribution in [0.2, 0.25) is 0 Å². The predicted octanol–water partition coefficient (Wildman–Crippen LogP) is 1.42. The molecule has 5 nitrogen and oxygen atoms in total. The molecule has 1 heterocycles. The van der Waals surface area contributed by atoms with Crippen LogP contribution in [0.5, 0.6) is 5.75 Å². The van der Waals surface area contributed by atoms with E-state index in [1.54, 1.807) is 24.3 Å². The largest absolute Gasteiger partial charge is 0.492 e. The summed E-state index contributed by atoms with van der Waals surface area (Å²) < 4.78 is 31.8. The van der Waals surface area contributed by atoms with Crippen molar-refractivity contribution < 1.29 is 13.2 Å². The molecule has 1 aromatic rings. The summed E-state index contributed by atoms with van der Waals surface area (Å²) >= 11 is 3.71. The van der Waals surface area contributed by atoms with Gasteiger partial charge in [0.2, 0.25) is 10.0 Å². The summed E-state index contributed by atoms with van der Waals surface area (Å²) in [5.74, 6) is 3.84. The molecule has 0 aromatic heterocycles. The molecule has 1 aliphatic heterocycles. The molecule has 1 aliphatic rings. The zero-order chi connectivity index (χ0) is 15.1. The molecular weight excluding hydrogens is 328 g/mol. The Bertz CT molecular complexity index is 528. The summed E-state index contributed by atoms with van der Waals surface area (Å²) in [7, 11) is -3.28. The Morgan fingerprint density at radius 3 is 2.71 bits per heavy atom. The molecule has 0 amide bonds. The number of rotatable bonds is 7. The van der Waals surface area contributed by atoms with E-state index in [2.05, 4.69) is 4.72 Å². The highest BCUT2D eigenvalue weighted by Crippen LogP contribution is 2.23. The quantitative estimate of drug-likeness (QED) is 0.725. The molecule has 0 saturated carbocycles. The standard InChI is InChI=1S/C13H20N2O3S3/c14-11-1-3-12(4-2-11)18-5-8-21(16,17)15-9-13-10-19-6-7-20-13/h1-4,13,15H,5-10,14H2. The van der Waals surface area contributed by atoms with Crippen LogP contribution >= 0.6 is 23.5 Å². The maximum absolute atomic E-state index is 11.9. The number of nitrogens with one attached hydrogen (secondary N) is 1. The summed E-state index contributed by atoms with van der Waals surface area (Å²) in [6, 6.07) is 6.90. The van der Waals surface area contributed by atoms with E-state index in [0.717, 1.165) is 17.3 Å². The van der Waals surface area contributed by atoms with Crippen LogP contribution in [-0.2, 0) is 10.0 Å². The molecule has 8 heteroatoms. The van der Waals surface area contributed by atoms with E-state index in [1.165, 1.54) is 0 Å². The van der Waals surface area contributed by atoms with Gasteiger partial charge in [-0.25, -0.2) is 13.1 Å². The second kappa shape index (κ2) is 8.17. The number of anilines is 1. The molecule has 118 valence electrons. The van der Waals surface area contributed by atoms with Gasteiger partial charge in [0, 0.05) is 34.7 Å². The zero-order valence-corrected chi connectivity index (χ0v) is 14.1. The van der Waals surface area contributed by atoms with Crippen LogP contribution in [0.15, 0.2) is 24.3 Å². The number of ether oxygens (including phenoxy) is 1. The summed E-state index contributed by atoms with van der Waals surface area (Å²) in [5.41, 5.74) is 6.22. The lowest BCUT2D eigenvalue weighted by Crippen LogP contribution is -2.36. The van der Waals surface area contributed by atoms with Crippen molar-refractivity contribution in [3.8, 4) is 5.75 Å².